The number of ether oxygens (including phenoxy) is 4. The number of nitrogens with zero attached hydrogens (tertiary/aromatic N) is 2. The first-order valence-corrected chi connectivity index (χ1v) is 15.1. The minimum Gasteiger partial charge on any atom is -0.507 e. The van der Waals surface area contributed by atoms with Gasteiger partial charge in [-0.15, -0.1) is 0 Å². The Morgan fingerprint density at radius 2 is 1.27 bits per heavy atom. The van der Waals surface area contributed by atoms with Crippen molar-refractivity contribution in [2.24, 2.45) is 9.98 Å². The average Bonchev–Trinajstić information content (AvgIpc) is 2.99. The van der Waals surface area contributed by atoms with Crippen LogP contribution >= 0.6 is 0 Å². The Bertz CT molecular complexity index is 1490. The molecule has 44 heavy (non-hydrogen) atoms. The summed E-state index contributed by atoms with van der Waals surface area (Å²) < 4.78 is 24.7. The molecule has 6 atom stereocenters. The average molecular weight is 601 g/mol. The first-order chi connectivity index (χ1) is 20.9. The van der Waals surface area contributed by atoms with Crippen molar-refractivity contribution in [3.63, 3.8) is 0 Å². The molecule has 2 aliphatic heterocycles. The summed E-state index contributed by atoms with van der Waals surface area (Å²) in [5.41, 5.74) is 3.23. The molecule has 3 aromatic carbocycles. The second-order valence-electron chi connectivity index (χ2n) is 13.5. The van der Waals surface area contributed by atoms with Gasteiger partial charge in [-0.05, 0) is 34.1 Å². The van der Waals surface area contributed by atoms with Gasteiger partial charge in [0.05, 0.1) is 6.61 Å². The molecule has 4 unspecified atom stereocenters. The van der Waals surface area contributed by atoms with Crippen molar-refractivity contribution in [2.75, 3.05) is 13.7 Å². The van der Waals surface area contributed by atoms with Crippen molar-refractivity contribution in [3.05, 3.63) is 94.5 Å². The Morgan fingerprint density at radius 3 is 1.80 bits per heavy atom. The van der Waals surface area contributed by atoms with Crippen molar-refractivity contribution in [2.45, 2.75) is 89.2 Å². The second kappa shape index (κ2) is 12.8. The molecule has 2 aliphatic rings. The van der Waals surface area contributed by atoms with E-state index in [0.717, 1.165) is 16.7 Å². The molecule has 2 fully saturated rings. The van der Waals surface area contributed by atoms with Crippen LogP contribution in [0.2, 0.25) is 0 Å². The van der Waals surface area contributed by atoms with Crippen LogP contribution in [0.4, 0.5) is 0 Å². The topological polar surface area (TPSA) is 102 Å². The number of aliphatic imine (C=N–C) groups is 2. The molecule has 0 aromatic heterocycles. The maximum absolute atomic E-state index is 11.2. The van der Waals surface area contributed by atoms with Gasteiger partial charge in [0.25, 0.3) is 0 Å². The Kier molecular flexibility index (Phi) is 9.28. The van der Waals surface area contributed by atoms with Gasteiger partial charge in [0.15, 0.2) is 12.6 Å². The number of hydrogen-bond acceptors (Lipinski definition) is 8. The van der Waals surface area contributed by atoms with Gasteiger partial charge in [-0.2, -0.15) is 0 Å². The Morgan fingerprint density at radius 1 is 0.727 bits per heavy atom. The first kappa shape index (κ1) is 31.9. The van der Waals surface area contributed by atoms with E-state index in [1.165, 1.54) is 0 Å². The van der Waals surface area contributed by atoms with Crippen LogP contribution in [0.3, 0.4) is 0 Å². The van der Waals surface area contributed by atoms with E-state index in [1.54, 1.807) is 19.5 Å². The quantitative estimate of drug-likeness (QED) is 0.315. The summed E-state index contributed by atoms with van der Waals surface area (Å²) in [4.78, 5) is 9.94. The van der Waals surface area contributed by atoms with Gasteiger partial charge in [0.1, 0.15) is 35.8 Å². The molecule has 234 valence electrons. The Hall–Kier alpha value is -3.56. The second-order valence-corrected chi connectivity index (χ2v) is 13.5. The third kappa shape index (κ3) is 6.74. The van der Waals surface area contributed by atoms with Gasteiger partial charge in [0.2, 0.25) is 0 Å². The van der Waals surface area contributed by atoms with Crippen molar-refractivity contribution >= 4 is 12.4 Å². The molecule has 2 saturated heterocycles. The highest BCUT2D eigenvalue weighted by molar-refractivity contribution is 5.85. The van der Waals surface area contributed by atoms with Gasteiger partial charge in [0, 0.05) is 36.2 Å². The van der Waals surface area contributed by atoms with Crippen LogP contribution in [0.1, 0.15) is 75.6 Å². The first-order valence-electron chi connectivity index (χ1n) is 15.1. The Labute approximate surface area is 260 Å². The normalized spacial score (nSPS) is 26.2. The standard InChI is InChI=1S/C36H44N2O6/c1-35(2,3)25-17-11-15-23(30(25)39)19-37-28-29(38-20-24-16-12-18-26(31(24)40)36(4,5)6)34(41-7)43-27-21-42-33(44-32(27)28)22-13-9-8-10-14-22/h8-20,27-29,32-34,39-40H,21H2,1-7H3/t27?,28-,29-,32?,33?,34?/m0/s1. The third-order valence-electron chi connectivity index (χ3n) is 8.16. The van der Waals surface area contributed by atoms with Crippen molar-refractivity contribution in [1.29, 1.82) is 0 Å². The molecule has 3 aromatic rings. The molecule has 0 amide bonds. The van der Waals surface area contributed by atoms with Crippen LogP contribution in [-0.4, -0.2) is 66.9 Å². The predicted octanol–water partition coefficient (Wildman–Crippen LogP) is 6.45. The molecule has 2 N–H and O–H groups in total. The summed E-state index contributed by atoms with van der Waals surface area (Å²) in [6.45, 7) is 12.6. The lowest BCUT2D eigenvalue weighted by Crippen LogP contribution is -2.61. The Balaban J connectivity index is 1.55. The van der Waals surface area contributed by atoms with E-state index in [2.05, 4.69) is 41.5 Å². The summed E-state index contributed by atoms with van der Waals surface area (Å²) in [7, 11) is 1.57. The largest absolute Gasteiger partial charge is 0.507 e. The number of phenols is 2. The SMILES string of the molecule is COC1OC2COC(c3ccccc3)OC2[C@@H](N=Cc2cccc(C(C)(C)C)c2O)[C@@H]1N=Cc1cccc(C(C)(C)C)c1O. The zero-order chi connectivity index (χ0) is 31.6. The minimum absolute atomic E-state index is 0.183. The molecule has 0 aliphatic carbocycles. The fourth-order valence-electron chi connectivity index (χ4n) is 5.76. The van der Waals surface area contributed by atoms with Crippen molar-refractivity contribution in [3.8, 4) is 11.5 Å². The lowest BCUT2D eigenvalue weighted by molar-refractivity contribution is -0.320. The summed E-state index contributed by atoms with van der Waals surface area (Å²) in [5, 5.41) is 22.3. The highest BCUT2D eigenvalue weighted by Crippen LogP contribution is 2.38. The lowest BCUT2D eigenvalue weighted by atomic mass is 9.85. The van der Waals surface area contributed by atoms with E-state index >= 15 is 0 Å². The van der Waals surface area contributed by atoms with Gasteiger partial charge < -0.3 is 29.2 Å². The molecular weight excluding hydrogens is 556 g/mol. The summed E-state index contributed by atoms with van der Waals surface area (Å²) in [6, 6.07) is 19.9. The monoisotopic (exact) mass is 600 g/mol. The smallest absolute Gasteiger partial charge is 0.184 e. The van der Waals surface area contributed by atoms with E-state index in [-0.39, 0.29) is 28.9 Å². The zero-order valence-electron chi connectivity index (χ0n) is 26.6. The molecule has 2 heterocycles. The van der Waals surface area contributed by atoms with E-state index in [0.29, 0.717) is 11.1 Å². The van der Waals surface area contributed by atoms with Crippen LogP contribution in [0.25, 0.3) is 0 Å². The third-order valence-corrected chi connectivity index (χ3v) is 8.16. The highest BCUT2D eigenvalue weighted by Gasteiger charge is 2.50. The number of hydrogen-bond donors (Lipinski definition) is 2. The number of benzene rings is 3. The van der Waals surface area contributed by atoms with E-state index in [9.17, 15) is 10.2 Å². The van der Waals surface area contributed by atoms with E-state index in [1.807, 2.05) is 66.7 Å². The summed E-state index contributed by atoms with van der Waals surface area (Å²) in [6.07, 6.45) is 0.993. The fourth-order valence-corrected chi connectivity index (χ4v) is 5.76. The van der Waals surface area contributed by atoms with Crippen LogP contribution in [-0.2, 0) is 29.8 Å². The number of fused-ring (bicyclic) bond motifs is 1. The molecule has 5 rings (SSSR count). The fraction of sp³-hybridized carbons (Fsp3) is 0.444. The zero-order valence-corrected chi connectivity index (χ0v) is 26.6. The molecule has 0 radical (unpaired) electrons. The maximum Gasteiger partial charge on any atom is 0.184 e. The van der Waals surface area contributed by atoms with E-state index < -0.39 is 36.9 Å². The van der Waals surface area contributed by atoms with Crippen molar-refractivity contribution in [1.82, 2.24) is 0 Å². The van der Waals surface area contributed by atoms with Crippen LogP contribution < -0.4 is 0 Å². The molecule has 8 heteroatoms. The van der Waals surface area contributed by atoms with E-state index in [4.69, 9.17) is 28.9 Å². The summed E-state index contributed by atoms with van der Waals surface area (Å²) >= 11 is 0. The van der Waals surface area contributed by atoms with Gasteiger partial charge in [-0.25, -0.2) is 0 Å². The van der Waals surface area contributed by atoms with Gasteiger partial charge in [-0.1, -0.05) is 96.1 Å². The van der Waals surface area contributed by atoms with Crippen LogP contribution in [0.5, 0.6) is 11.5 Å². The van der Waals surface area contributed by atoms with Crippen LogP contribution in [0.15, 0.2) is 76.7 Å². The summed E-state index contributed by atoms with van der Waals surface area (Å²) in [5.74, 6) is 0.373. The molecule has 0 spiro atoms. The lowest BCUT2D eigenvalue weighted by Gasteiger charge is -2.46. The number of aromatic hydroxyl groups is 2. The number of para-hydroxylation sites is 2. The molecule has 0 saturated carbocycles. The minimum atomic E-state index is -0.752. The maximum atomic E-state index is 11.2. The van der Waals surface area contributed by atoms with Gasteiger partial charge in [-0.3, -0.25) is 9.98 Å². The molecular formula is C36H44N2O6. The predicted molar refractivity (Wildman–Crippen MR) is 172 cm³/mol. The molecule has 0 bridgehead atoms. The highest BCUT2D eigenvalue weighted by atomic mass is 16.7. The number of rotatable bonds is 6. The van der Waals surface area contributed by atoms with Gasteiger partial charge >= 0.3 is 0 Å². The number of phenolic OH excluding ortho intramolecular Hbond substituents is 2. The van der Waals surface area contributed by atoms with Crippen molar-refractivity contribution < 1.29 is 29.2 Å². The molecule has 8 nitrogen and oxygen atoms in total. The van der Waals surface area contributed by atoms with Crippen LogP contribution in [0, 0.1) is 0 Å². The number of methoxy groups -OCH3 is 1.